The van der Waals surface area contributed by atoms with E-state index in [-0.39, 0.29) is 0 Å². The lowest BCUT2D eigenvalue weighted by Crippen LogP contribution is -2.63. The molecule has 114 valence electrons. The maximum atomic E-state index is 5.49. The van der Waals surface area contributed by atoms with E-state index in [1.54, 1.807) is 0 Å². The number of methoxy groups -OCH3 is 1. The van der Waals surface area contributed by atoms with Gasteiger partial charge in [0.15, 0.2) is 0 Å². The lowest BCUT2D eigenvalue weighted by molar-refractivity contribution is -0.101. The van der Waals surface area contributed by atoms with E-state index in [2.05, 4.69) is 11.8 Å². The van der Waals surface area contributed by atoms with Crippen LogP contribution in [-0.4, -0.2) is 36.7 Å². The van der Waals surface area contributed by atoms with Crippen LogP contribution in [0.1, 0.15) is 73.1 Å². The van der Waals surface area contributed by atoms with E-state index in [0.717, 1.165) is 17.5 Å². The largest absolute Gasteiger partial charge is 0.381 e. The van der Waals surface area contributed by atoms with Gasteiger partial charge >= 0.3 is 0 Å². The van der Waals surface area contributed by atoms with E-state index >= 15 is 0 Å². The predicted octanol–water partition coefficient (Wildman–Crippen LogP) is 4.48. The van der Waals surface area contributed by atoms with Gasteiger partial charge in [-0.05, 0) is 43.9 Å². The molecule has 0 spiro atoms. The highest BCUT2D eigenvalue weighted by Crippen LogP contribution is 2.52. The van der Waals surface area contributed by atoms with E-state index in [1.807, 2.05) is 34.8 Å². The molecular formula is C17H35NO. The third-order valence-electron chi connectivity index (χ3n) is 5.11. The molecule has 3 aliphatic rings. The predicted molar refractivity (Wildman–Crippen MR) is 83.6 cm³/mol. The number of ether oxygens (including phenoxy) is 1. The fourth-order valence-electron chi connectivity index (χ4n) is 3.55. The summed E-state index contributed by atoms with van der Waals surface area (Å²) in [5, 5.41) is 0. The van der Waals surface area contributed by atoms with Crippen LogP contribution in [-0.2, 0) is 4.74 Å². The molecule has 1 aliphatic carbocycles. The Balaban J connectivity index is 0.000000415. The first kappa shape index (κ1) is 17.0. The van der Waals surface area contributed by atoms with Crippen LogP contribution >= 0.6 is 0 Å². The van der Waals surface area contributed by atoms with E-state index in [4.69, 9.17) is 4.74 Å². The second-order valence-corrected chi connectivity index (χ2v) is 5.90. The molecule has 2 atom stereocenters. The minimum Gasteiger partial charge on any atom is -0.381 e. The molecule has 2 heterocycles. The number of hydrogen-bond acceptors (Lipinski definition) is 2. The molecule has 0 N–H and O–H groups in total. The molecular weight excluding hydrogens is 234 g/mol. The fourth-order valence-corrected chi connectivity index (χ4v) is 3.55. The average Bonchev–Trinajstić information content (AvgIpc) is 3.29. The molecule has 2 bridgehead atoms. The van der Waals surface area contributed by atoms with Crippen molar-refractivity contribution in [3.63, 3.8) is 0 Å². The number of hydrogen-bond donors (Lipinski definition) is 0. The van der Waals surface area contributed by atoms with Crippen molar-refractivity contribution in [1.29, 1.82) is 0 Å². The highest BCUT2D eigenvalue weighted by atomic mass is 16.5. The van der Waals surface area contributed by atoms with Gasteiger partial charge in [0.25, 0.3) is 0 Å². The Morgan fingerprint density at radius 2 is 1.53 bits per heavy atom. The number of nitrogens with zero attached hydrogens (tertiary/aromatic N) is 1. The Morgan fingerprint density at radius 1 is 1.00 bits per heavy atom. The fraction of sp³-hybridized carbons (Fsp3) is 1.00. The third-order valence-corrected chi connectivity index (χ3v) is 5.11. The zero-order valence-electron chi connectivity index (χ0n) is 14.0. The second kappa shape index (κ2) is 7.64. The molecule has 3 rings (SSSR count). The molecule has 19 heavy (non-hydrogen) atoms. The summed E-state index contributed by atoms with van der Waals surface area (Å²) in [6, 6.07) is 1.72. The van der Waals surface area contributed by atoms with Crippen LogP contribution in [0.4, 0.5) is 0 Å². The number of rotatable bonds is 4. The number of fused-ring (bicyclic) bond motifs is 2. The van der Waals surface area contributed by atoms with Crippen molar-refractivity contribution in [2.75, 3.05) is 13.7 Å². The van der Waals surface area contributed by atoms with Crippen LogP contribution in [0.5, 0.6) is 0 Å². The molecule has 0 radical (unpaired) electrons. The highest BCUT2D eigenvalue weighted by Gasteiger charge is 2.51. The quantitative estimate of drug-likeness (QED) is 0.746. The molecule has 2 nitrogen and oxygen atoms in total. The summed E-state index contributed by atoms with van der Waals surface area (Å²) < 4.78 is 5.49. The van der Waals surface area contributed by atoms with Crippen LogP contribution in [0.2, 0.25) is 0 Å². The molecule has 0 aromatic heterocycles. The summed E-state index contributed by atoms with van der Waals surface area (Å²) in [6.45, 7) is 11.7. The standard InChI is InChI=1S/C13H23NO.2C2H6/c1-3-13(4-5-13)9-14-10-6-11(14)8-12(7-10)15-2;2*1-2/h10-12H,3-9H2,1-2H3;2*1-2H3. The van der Waals surface area contributed by atoms with Gasteiger partial charge in [0, 0.05) is 25.7 Å². The van der Waals surface area contributed by atoms with Gasteiger partial charge in [-0.1, -0.05) is 34.6 Å². The number of piperidine rings is 1. The van der Waals surface area contributed by atoms with E-state index in [1.165, 1.54) is 45.1 Å². The molecule has 1 saturated carbocycles. The lowest BCUT2D eigenvalue weighted by Gasteiger charge is -2.56. The molecule has 0 aromatic carbocycles. The van der Waals surface area contributed by atoms with E-state index in [0.29, 0.717) is 6.10 Å². The van der Waals surface area contributed by atoms with Gasteiger partial charge in [-0.25, -0.2) is 0 Å². The van der Waals surface area contributed by atoms with Crippen molar-refractivity contribution in [3.8, 4) is 0 Å². The molecule has 0 amide bonds. The first-order valence-electron chi connectivity index (χ1n) is 8.55. The Morgan fingerprint density at radius 3 is 1.89 bits per heavy atom. The zero-order valence-corrected chi connectivity index (χ0v) is 14.0. The summed E-state index contributed by atoms with van der Waals surface area (Å²) in [5.74, 6) is 0. The van der Waals surface area contributed by atoms with Crippen LogP contribution in [0.3, 0.4) is 0 Å². The van der Waals surface area contributed by atoms with Crippen LogP contribution in [0.25, 0.3) is 0 Å². The van der Waals surface area contributed by atoms with Gasteiger partial charge in [-0.2, -0.15) is 0 Å². The van der Waals surface area contributed by atoms with Crippen molar-refractivity contribution >= 4 is 0 Å². The van der Waals surface area contributed by atoms with Gasteiger partial charge in [-0.15, -0.1) is 0 Å². The van der Waals surface area contributed by atoms with Crippen LogP contribution in [0, 0.1) is 5.41 Å². The van der Waals surface area contributed by atoms with Gasteiger partial charge in [0.05, 0.1) is 6.10 Å². The topological polar surface area (TPSA) is 12.5 Å². The van der Waals surface area contributed by atoms with Gasteiger partial charge < -0.3 is 4.74 Å². The van der Waals surface area contributed by atoms with Crippen LogP contribution < -0.4 is 0 Å². The van der Waals surface area contributed by atoms with Crippen molar-refractivity contribution in [2.24, 2.45) is 5.41 Å². The smallest absolute Gasteiger partial charge is 0.0601 e. The van der Waals surface area contributed by atoms with E-state index in [9.17, 15) is 0 Å². The molecule has 3 fully saturated rings. The Labute approximate surface area is 120 Å². The summed E-state index contributed by atoms with van der Waals surface area (Å²) >= 11 is 0. The van der Waals surface area contributed by atoms with Crippen molar-refractivity contribution in [2.45, 2.75) is 91.3 Å². The third kappa shape index (κ3) is 3.72. The lowest BCUT2D eigenvalue weighted by atomic mass is 9.77. The van der Waals surface area contributed by atoms with Gasteiger partial charge in [0.1, 0.15) is 0 Å². The summed E-state index contributed by atoms with van der Waals surface area (Å²) in [5.41, 5.74) is 0.733. The van der Waals surface area contributed by atoms with Crippen molar-refractivity contribution < 1.29 is 4.74 Å². The summed E-state index contributed by atoms with van der Waals surface area (Å²) in [4.78, 5) is 2.78. The van der Waals surface area contributed by atoms with Crippen molar-refractivity contribution in [3.05, 3.63) is 0 Å². The first-order valence-corrected chi connectivity index (χ1v) is 8.55. The minimum atomic E-state index is 0.557. The van der Waals surface area contributed by atoms with Crippen molar-refractivity contribution in [1.82, 2.24) is 4.90 Å². The minimum absolute atomic E-state index is 0.557. The van der Waals surface area contributed by atoms with Crippen LogP contribution in [0.15, 0.2) is 0 Å². The molecule has 2 heteroatoms. The second-order valence-electron chi connectivity index (χ2n) is 5.90. The van der Waals surface area contributed by atoms with Gasteiger partial charge in [0.2, 0.25) is 0 Å². The Bertz CT molecular complexity index is 238. The summed E-state index contributed by atoms with van der Waals surface area (Å²) in [6.07, 6.45) is 8.91. The van der Waals surface area contributed by atoms with E-state index < -0.39 is 0 Å². The normalized spacial score (nSPS) is 34.1. The maximum absolute atomic E-state index is 5.49. The molecule has 2 saturated heterocycles. The highest BCUT2D eigenvalue weighted by molar-refractivity contribution is 5.05. The summed E-state index contributed by atoms with van der Waals surface area (Å²) in [7, 11) is 1.87. The first-order chi connectivity index (χ1) is 9.26. The molecule has 2 unspecified atom stereocenters. The van der Waals surface area contributed by atoms with Gasteiger partial charge in [-0.3, -0.25) is 4.90 Å². The Kier molecular flexibility index (Phi) is 6.82. The zero-order chi connectivity index (χ0) is 14.5. The Hall–Kier alpha value is -0.0800. The average molecular weight is 269 g/mol. The SMILES string of the molecule is CC.CC.CCC1(CN2C3CC(OC)CC2C3)CC1. The molecule has 0 aromatic rings. The monoisotopic (exact) mass is 269 g/mol. The molecule has 2 aliphatic heterocycles. The maximum Gasteiger partial charge on any atom is 0.0601 e.